The molecule has 0 aliphatic carbocycles. The first kappa shape index (κ1) is 16.9. The van der Waals surface area contributed by atoms with E-state index in [1.807, 2.05) is 18.2 Å². The van der Waals surface area contributed by atoms with E-state index in [2.05, 4.69) is 16.8 Å². The largest absolute Gasteiger partial charge is 0.390 e. The molecule has 5 heteroatoms. The van der Waals surface area contributed by atoms with Crippen LogP contribution in [0.1, 0.15) is 35.9 Å². The van der Waals surface area contributed by atoms with Crippen LogP contribution in [-0.4, -0.2) is 51.1 Å². The van der Waals surface area contributed by atoms with Gasteiger partial charge in [-0.1, -0.05) is 37.3 Å². The van der Waals surface area contributed by atoms with Crippen molar-refractivity contribution < 1.29 is 9.90 Å². The first-order chi connectivity index (χ1) is 11.6. The maximum absolute atomic E-state index is 12.6. The van der Waals surface area contributed by atoms with Gasteiger partial charge in [-0.05, 0) is 31.8 Å². The molecule has 0 spiro atoms. The highest BCUT2D eigenvalue weighted by atomic mass is 16.3. The summed E-state index contributed by atoms with van der Waals surface area (Å²) in [4.78, 5) is 19.1. The lowest BCUT2D eigenvalue weighted by atomic mass is 9.99. The van der Waals surface area contributed by atoms with Crippen molar-refractivity contribution in [1.29, 1.82) is 0 Å². The van der Waals surface area contributed by atoms with Crippen LogP contribution in [0.3, 0.4) is 0 Å². The fourth-order valence-corrected chi connectivity index (χ4v) is 3.21. The van der Waals surface area contributed by atoms with Gasteiger partial charge < -0.3 is 14.6 Å². The number of imidazole rings is 1. The average Bonchev–Trinajstić information content (AvgIpc) is 3.05. The summed E-state index contributed by atoms with van der Waals surface area (Å²) in [5.41, 5.74) is 0.615. The van der Waals surface area contributed by atoms with Crippen molar-refractivity contribution in [3.8, 4) is 0 Å². The second-order valence-electron chi connectivity index (χ2n) is 6.74. The summed E-state index contributed by atoms with van der Waals surface area (Å²) in [6, 6.07) is 9.13. The molecule has 2 heterocycles. The molecular weight excluding hydrogens is 302 g/mol. The monoisotopic (exact) mass is 327 g/mol. The topological polar surface area (TPSA) is 58.4 Å². The van der Waals surface area contributed by atoms with Gasteiger partial charge in [0.05, 0.1) is 12.6 Å². The Kier molecular flexibility index (Phi) is 5.43. The number of ketones is 1. The number of carbonyl (C=O) groups is 1. The van der Waals surface area contributed by atoms with Crippen LogP contribution >= 0.6 is 0 Å². The predicted molar refractivity (Wildman–Crippen MR) is 92.9 cm³/mol. The average molecular weight is 327 g/mol. The SMILES string of the molecule is CC1CCN(CC(O)Cn2ccnc2C(=O)c2ccccc2)CC1. The Morgan fingerprint density at radius 2 is 1.96 bits per heavy atom. The Hall–Kier alpha value is -1.98. The van der Waals surface area contributed by atoms with Crippen LogP contribution in [0.2, 0.25) is 0 Å². The van der Waals surface area contributed by atoms with E-state index in [1.54, 1.807) is 29.1 Å². The zero-order valence-electron chi connectivity index (χ0n) is 14.1. The number of rotatable bonds is 6. The van der Waals surface area contributed by atoms with Gasteiger partial charge in [0.25, 0.3) is 0 Å². The molecule has 1 saturated heterocycles. The molecule has 1 aromatic carbocycles. The number of aliphatic hydroxyl groups excluding tert-OH is 1. The number of carbonyl (C=O) groups excluding carboxylic acids is 1. The van der Waals surface area contributed by atoms with Crippen molar-refractivity contribution in [2.24, 2.45) is 5.92 Å². The third-order valence-electron chi connectivity index (χ3n) is 4.71. The van der Waals surface area contributed by atoms with Gasteiger partial charge in [0.15, 0.2) is 5.82 Å². The number of likely N-dealkylation sites (tertiary alicyclic amines) is 1. The minimum absolute atomic E-state index is 0.111. The molecule has 5 nitrogen and oxygen atoms in total. The summed E-state index contributed by atoms with van der Waals surface area (Å²) in [7, 11) is 0. The van der Waals surface area contributed by atoms with Crippen LogP contribution in [-0.2, 0) is 6.54 Å². The second-order valence-corrected chi connectivity index (χ2v) is 6.74. The van der Waals surface area contributed by atoms with Crippen molar-refractivity contribution in [3.05, 3.63) is 54.1 Å². The molecule has 0 radical (unpaired) electrons. The Morgan fingerprint density at radius 3 is 2.67 bits per heavy atom. The van der Waals surface area contributed by atoms with Gasteiger partial charge in [0.2, 0.25) is 5.78 Å². The van der Waals surface area contributed by atoms with Gasteiger partial charge in [-0.2, -0.15) is 0 Å². The van der Waals surface area contributed by atoms with Crippen molar-refractivity contribution in [2.45, 2.75) is 32.4 Å². The number of aromatic nitrogens is 2. The van der Waals surface area contributed by atoms with E-state index in [0.29, 0.717) is 24.5 Å². The minimum atomic E-state index is -0.505. The van der Waals surface area contributed by atoms with Gasteiger partial charge in [-0.3, -0.25) is 4.79 Å². The van der Waals surface area contributed by atoms with Gasteiger partial charge in [0, 0.05) is 24.5 Å². The maximum atomic E-state index is 12.6. The molecule has 2 aromatic rings. The van der Waals surface area contributed by atoms with Crippen molar-refractivity contribution >= 4 is 5.78 Å². The van der Waals surface area contributed by atoms with E-state index >= 15 is 0 Å². The highest BCUT2D eigenvalue weighted by molar-refractivity contribution is 6.06. The number of aliphatic hydroxyl groups is 1. The summed E-state index contributed by atoms with van der Waals surface area (Å²) in [5, 5.41) is 10.4. The van der Waals surface area contributed by atoms with E-state index in [-0.39, 0.29) is 5.78 Å². The Balaban J connectivity index is 1.62. The number of piperidine rings is 1. The summed E-state index contributed by atoms with van der Waals surface area (Å²) < 4.78 is 1.76. The van der Waals surface area contributed by atoms with Crippen LogP contribution in [0.4, 0.5) is 0 Å². The highest BCUT2D eigenvalue weighted by Gasteiger charge is 2.20. The van der Waals surface area contributed by atoms with Gasteiger partial charge in [0.1, 0.15) is 0 Å². The Bertz CT molecular complexity index is 660. The second kappa shape index (κ2) is 7.73. The molecule has 0 saturated carbocycles. The normalized spacial score (nSPS) is 17.8. The lowest BCUT2D eigenvalue weighted by Gasteiger charge is -2.31. The Labute approximate surface area is 142 Å². The van der Waals surface area contributed by atoms with Crippen LogP contribution in [0, 0.1) is 5.92 Å². The van der Waals surface area contributed by atoms with Gasteiger partial charge in [-0.25, -0.2) is 4.98 Å². The van der Waals surface area contributed by atoms with E-state index < -0.39 is 6.10 Å². The molecule has 1 aliphatic heterocycles. The Morgan fingerprint density at radius 1 is 1.25 bits per heavy atom. The predicted octanol–water partition coefficient (Wildman–Crippen LogP) is 2.21. The van der Waals surface area contributed by atoms with Crippen molar-refractivity contribution in [3.63, 3.8) is 0 Å². The fourth-order valence-electron chi connectivity index (χ4n) is 3.21. The van der Waals surface area contributed by atoms with E-state index in [9.17, 15) is 9.90 Å². The lowest BCUT2D eigenvalue weighted by Crippen LogP contribution is -2.39. The third-order valence-corrected chi connectivity index (χ3v) is 4.71. The summed E-state index contributed by atoms with van der Waals surface area (Å²) in [6.45, 7) is 5.39. The molecule has 1 N–H and O–H groups in total. The molecule has 1 atom stereocenters. The number of hydrogen-bond donors (Lipinski definition) is 1. The molecule has 0 bridgehead atoms. The van der Waals surface area contributed by atoms with E-state index in [1.165, 1.54) is 12.8 Å². The van der Waals surface area contributed by atoms with Crippen LogP contribution in [0.15, 0.2) is 42.7 Å². The molecule has 0 amide bonds. The molecule has 1 aromatic heterocycles. The van der Waals surface area contributed by atoms with Gasteiger partial charge in [-0.15, -0.1) is 0 Å². The quantitative estimate of drug-likeness (QED) is 0.827. The van der Waals surface area contributed by atoms with Crippen LogP contribution in [0.5, 0.6) is 0 Å². The smallest absolute Gasteiger partial charge is 0.228 e. The van der Waals surface area contributed by atoms with Crippen LogP contribution in [0.25, 0.3) is 0 Å². The summed E-state index contributed by atoms with van der Waals surface area (Å²) in [5.74, 6) is 1.05. The zero-order valence-corrected chi connectivity index (χ0v) is 14.1. The first-order valence-electron chi connectivity index (χ1n) is 8.65. The number of nitrogens with zero attached hydrogens (tertiary/aromatic N) is 3. The fraction of sp³-hybridized carbons (Fsp3) is 0.474. The molecule has 24 heavy (non-hydrogen) atoms. The van der Waals surface area contributed by atoms with Crippen molar-refractivity contribution in [2.75, 3.05) is 19.6 Å². The van der Waals surface area contributed by atoms with E-state index in [0.717, 1.165) is 19.0 Å². The third kappa shape index (κ3) is 4.10. The minimum Gasteiger partial charge on any atom is -0.390 e. The molecular formula is C19H25N3O2. The molecule has 128 valence electrons. The standard InChI is InChI=1S/C19H25N3O2/c1-15-7-10-21(11-8-15)13-17(23)14-22-12-9-20-19(22)18(24)16-5-3-2-4-6-16/h2-6,9,12,15,17,23H,7-8,10-11,13-14H2,1H3. The number of hydrogen-bond acceptors (Lipinski definition) is 4. The summed E-state index contributed by atoms with van der Waals surface area (Å²) >= 11 is 0. The van der Waals surface area contributed by atoms with Crippen molar-refractivity contribution in [1.82, 2.24) is 14.5 Å². The lowest BCUT2D eigenvalue weighted by molar-refractivity contribution is 0.0788. The molecule has 1 aliphatic rings. The molecule has 1 unspecified atom stereocenters. The van der Waals surface area contributed by atoms with E-state index in [4.69, 9.17) is 0 Å². The highest BCUT2D eigenvalue weighted by Crippen LogP contribution is 2.16. The zero-order chi connectivity index (χ0) is 16.9. The number of β-amino-alcohol motifs (C(OH)–C–C–N with tert-alkyl or cyclic N) is 1. The van der Waals surface area contributed by atoms with Crippen LogP contribution < -0.4 is 0 Å². The number of benzene rings is 1. The maximum Gasteiger partial charge on any atom is 0.228 e. The summed E-state index contributed by atoms with van der Waals surface area (Å²) in [6.07, 6.45) is 5.25. The molecule has 3 rings (SSSR count). The first-order valence-corrected chi connectivity index (χ1v) is 8.65. The van der Waals surface area contributed by atoms with Gasteiger partial charge >= 0.3 is 0 Å². The molecule has 1 fully saturated rings.